The van der Waals surface area contributed by atoms with Gasteiger partial charge >= 0.3 is 0 Å². The number of hydrogen-bond donors (Lipinski definition) is 2. The van der Waals surface area contributed by atoms with Crippen LogP contribution in [0.1, 0.15) is 5.69 Å². The predicted molar refractivity (Wildman–Crippen MR) is 66.3 cm³/mol. The maximum atomic E-state index is 13.5. The summed E-state index contributed by atoms with van der Waals surface area (Å²) >= 11 is 1.25. The van der Waals surface area contributed by atoms with Crippen LogP contribution in [-0.4, -0.2) is 15.0 Å². The Labute approximate surface area is 104 Å². The van der Waals surface area contributed by atoms with Crippen molar-refractivity contribution in [3.63, 3.8) is 0 Å². The molecule has 18 heavy (non-hydrogen) atoms. The minimum Gasteiger partial charge on any atom is -0.375 e. The lowest BCUT2D eigenvalue weighted by atomic mass is 10.3. The van der Waals surface area contributed by atoms with Gasteiger partial charge in [-0.2, -0.15) is 0 Å². The first kappa shape index (κ1) is 11.1. The van der Waals surface area contributed by atoms with E-state index in [9.17, 15) is 8.78 Å². The van der Waals surface area contributed by atoms with Crippen LogP contribution in [0.4, 0.5) is 13.9 Å². The van der Waals surface area contributed by atoms with Crippen LogP contribution in [0.15, 0.2) is 12.1 Å². The standard InChI is InChI=1S/C11H8F2N4S/c1-4-9(18-11(14)15-4)10-16-7-3-5(12)2-6(13)8(7)17-10/h2-3H,1H3,(H2,14,15)(H,16,17). The molecule has 4 nitrogen and oxygen atoms in total. The molecule has 0 saturated heterocycles. The number of rotatable bonds is 1. The van der Waals surface area contributed by atoms with E-state index in [1.807, 2.05) is 0 Å². The van der Waals surface area contributed by atoms with E-state index in [1.54, 1.807) is 6.92 Å². The zero-order chi connectivity index (χ0) is 12.9. The van der Waals surface area contributed by atoms with Gasteiger partial charge in [0.15, 0.2) is 16.8 Å². The number of thiazole rings is 1. The Kier molecular flexibility index (Phi) is 2.30. The Hall–Kier alpha value is -2.02. The number of aryl methyl sites for hydroxylation is 1. The van der Waals surface area contributed by atoms with Gasteiger partial charge in [0.1, 0.15) is 11.3 Å². The maximum Gasteiger partial charge on any atom is 0.180 e. The van der Waals surface area contributed by atoms with E-state index >= 15 is 0 Å². The lowest BCUT2D eigenvalue weighted by Gasteiger charge is -1.90. The molecule has 3 rings (SSSR count). The van der Waals surface area contributed by atoms with Crippen LogP contribution in [-0.2, 0) is 0 Å². The number of halogens is 2. The molecule has 0 radical (unpaired) electrons. The van der Waals surface area contributed by atoms with Crippen LogP contribution < -0.4 is 5.73 Å². The molecule has 0 saturated carbocycles. The number of fused-ring (bicyclic) bond motifs is 1. The highest BCUT2D eigenvalue weighted by Gasteiger charge is 2.15. The molecule has 0 fully saturated rings. The van der Waals surface area contributed by atoms with Crippen molar-refractivity contribution in [3.05, 3.63) is 29.5 Å². The summed E-state index contributed by atoms with van der Waals surface area (Å²) in [5.74, 6) is -0.889. The summed E-state index contributed by atoms with van der Waals surface area (Å²) in [6.07, 6.45) is 0. The molecule has 0 spiro atoms. The second-order valence-electron chi connectivity index (χ2n) is 3.84. The first-order valence-electron chi connectivity index (χ1n) is 5.12. The molecule has 0 unspecified atom stereocenters. The Morgan fingerprint density at radius 3 is 2.72 bits per heavy atom. The lowest BCUT2D eigenvalue weighted by Crippen LogP contribution is -1.82. The first-order chi connectivity index (χ1) is 8.54. The molecular formula is C11H8F2N4S. The van der Waals surface area contributed by atoms with E-state index < -0.39 is 11.6 Å². The molecule has 2 aromatic heterocycles. The molecule has 0 aliphatic carbocycles. The molecule has 7 heteroatoms. The lowest BCUT2D eigenvalue weighted by molar-refractivity contribution is 0.591. The number of aromatic amines is 1. The van der Waals surface area contributed by atoms with Crippen LogP contribution in [0.5, 0.6) is 0 Å². The number of hydrogen-bond acceptors (Lipinski definition) is 4. The number of nitrogen functional groups attached to an aromatic ring is 1. The summed E-state index contributed by atoms with van der Waals surface area (Å²) in [4.78, 5) is 11.8. The molecule has 0 amide bonds. The number of aromatic nitrogens is 3. The highest BCUT2D eigenvalue weighted by Crippen LogP contribution is 2.31. The van der Waals surface area contributed by atoms with Crippen molar-refractivity contribution in [1.29, 1.82) is 0 Å². The van der Waals surface area contributed by atoms with E-state index in [0.29, 0.717) is 22.2 Å². The van der Waals surface area contributed by atoms with Crippen LogP contribution in [0.2, 0.25) is 0 Å². The van der Waals surface area contributed by atoms with Crippen LogP contribution in [0, 0.1) is 18.6 Å². The van der Waals surface area contributed by atoms with Crippen molar-refractivity contribution in [3.8, 4) is 10.7 Å². The van der Waals surface area contributed by atoms with Gasteiger partial charge in [-0.3, -0.25) is 0 Å². The normalized spacial score (nSPS) is 11.3. The third kappa shape index (κ3) is 1.63. The summed E-state index contributed by atoms with van der Waals surface area (Å²) < 4.78 is 26.6. The van der Waals surface area contributed by atoms with Crippen LogP contribution >= 0.6 is 11.3 Å². The highest BCUT2D eigenvalue weighted by molar-refractivity contribution is 7.18. The molecular weight excluding hydrogens is 258 g/mol. The van der Waals surface area contributed by atoms with Gasteiger partial charge in [0, 0.05) is 6.07 Å². The SMILES string of the molecule is Cc1nc(N)sc1-c1nc2c(F)cc(F)cc2[nH]1. The Bertz CT molecular complexity index is 747. The fraction of sp³-hybridized carbons (Fsp3) is 0.0909. The summed E-state index contributed by atoms with van der Waals surface area (Å²) in [5.41, 5.74) is 6.73. The first-order valence-corrected chi connectivity index (χ1v) is 5.94. The van der Waals surface area contributed by atoms with E-state index in [-0.39, 0.29) is 5.52 Å². The second kappa shape index (κ2) is 3.74. The number of nitrogens with zero attached hydrogens (tertiary/aromatic N) is 2. The van der Waals surface area contributed by atoms with E-state index in [0.717, 1.165) is 10.9 Å². The average molecular weight is 266 g/mol. The van der Waals surface area contributed by atoms with Gasteiger partial charge in [0.25, 0.3) is 0 Å². The quantitative estimate of drug-likeness (QED) is 0.711. The molecule has 1 aromatic carbocycles. The highest BCUT2D eigenvalue weighted by atomic mass is 32.1. The van der Waals surface area contributed by atoms with Crippen LogP contribution in [0.3, 0.4) is 0 Å². The fourth-order valence-corrected chi connectivity index (χ4v) is 2.57. The minimum absolute atomic E-state index is 0.109. The number of nitrogens with one attached hydrogen (secondary N) is 1. The van der Waals surface area contributed by atoms with Gasteiger partial charge < -0.3 is 10.7 Å². The van der Waals surface area contributed by atoms with Crippen molar-refractivity contribution in [1.82, 2.24) is 15.0 Å². The Morgan fingerprint density at radius 2 is 2.06 bits per heavy atom. The topological polar surface area (TPSA) is 67.6 Å². The molecule has 2 heterocycles. The summed E-state index contributed by atoms with van der Waals surface area (Å²) in [5, 5.41) is 0.412. The van der Waals surface area contributed by atoms with Crippen molar-refractivity contribution >= 4 is 27.5 Å². The zero-order valence-electron chi connectivity index (χ0n) is 9.29. The van der Waals surface area contributed by atoms with Crippen molar-refractivity contribution in [2.75, 3.05) is 5.73 Å². The molecule has 3 aromatic rings. The van der Waals surface area contributed by atoms with Crippen molar-refractivity contribution < 1.29 is 8.78 Å². The van der Waals surface area contributed by atoms with Gasteiger partial charge in [-0.05, 0) is 13.0 Å². The number of H-pyrrole nitrogens is 1. The zero-order valence-corrected chi connectivity index (χ0v) is 10.1. The van der Waals surface area contributed by atoms with Gasteiger partial charge in [-0.1, -0.05) is 11.3 Å². The predicted octanol–water partition coefficient (Wildman–Crippen LogP) is 2.86. The molecule has 0 atom stereocenters. The van der Waals surface area contributed by atoms with E-state index in [1.165, 1.54) is 17.4 Å². The monoisotopic (exact) mass is 266 g/mol. The fourth-order valence-electron chi connectivity index (χ4n) is 1.79. The number of anilines is 1. The number of nitrogens with two attached hydrogens (primary N) is 1. The third-order valence-electron chi connectivity index (χ3n) is 2.53. The molecule has 0 aliphatic rings. The molecule has 0 aliphatic heterocycles. The average Bonchev–Trinajstić information content (AvgIpc) is 2.81. The summed E-state index contributed by atoms with van der Waals surface area (Å²) in [6, 6.07) is 2.01. The molecule has 3 N–H and O–H groups in total. The van der Waals surface area contributed by atoms with E-state index in [4.69, 9.17) is 5.73 Å². The van der Waals surface area contributed by atoms with Crippen LogP contribution in [0.25, 0.3) is 21.7 Å². The third-order valence-corrected chi connectivity index (χ3v) is 3.53. The van der Waals surface area contributed by atoms with Gasteiger partial charge in [-0.15, -0.1) is 0 Å². The Morgan fingerprint density at radius 1 is 1.28 bits per heavy atom. The minimum atomic E-state index is -0.692. The molecule has 92 valence electrons. The summed E-state index contributed by atoms with van der Waals surface area (Å²) in [7, 11) is 0. The smallest absolute Gasteiger partial charge is 0.180 e. The number of benzene rings is 1. The van der Waals surface area contributed by atoms with Gasteiger partial charge in [-0.25, -0.2) is 18.7 Å². The maximum absolute atomic E-state index is 13.5. The second-order valence-corrected chi connectivity index (χ2v) is 4.87. The van der Waals surface area contributed by atoms with Crippen molar-refractivity contribution in [2.45, 2.75) is 6.92 Å². The molecule has 0 bridgehead atoms. The van der Waals surface area contributed by atoms with E-state index in [2.05, 4.69) is 15.0 Å². The van der Waals surface area contributed by atoms with Gasteiger partial charge in [0.2, 0.25) is 0 Å². The van der Waals surface area contributed by atoms with Gasteiger partial charge in [0.05, 0.1) is 16.1 Å². The Balaban J connectivity index is 2.25. The number of imidazole rings is 1. The van der Waals surface area contributed by atoms with Crippen molar-refractivity contribution in [2.24, 2.45) is 0 Å². The largest absolute Gasteiger partial charge is 0.375 e. The summed E-state index contributed by atoms with van der Waals surface area (Å²) in [6.45, 7) is 1.78.